The minimum absolute atomic E-state index is 0.577. The molecule has 0 atom stereocenters. The lowest BCUT2D eigenvalue weighted by atomic mass is 10.1. The van der Waals surface area contributed by atoms with Gasteiger partial charge in [0.15, 0.2) is 5.82 Å². The smallest absolute Gasteiger partial charge is 0.309 e. The summed E-state index contributed by atoms with van der Waals surface area (Å²) in [6.07, 6.45) is -0.836. The van der Waals surface area contributed by atoms with Gasteiger partial charge in [0.2, 0.25) is 0 Å². The molecular weight excluding hydrogens is 343 g/mol. The van der Waals surface area contributed by atoms with Gasteiger partial charge in [0.1, 0.15) is 5.82 Å². The van der Waals surface area contributed by atoms with Crippen LogP contribution in [0.3, 0.4) is 0 Å². The molecule has 4 rings (SSSR count). The van der Waals surface area contributed by atoms with Gasteiger partial charge >= 0.3 is 6.18 Å². The highest BCUT2D eigenvalue weighted by Crippen LogP contribution is 2.29. The van der Waals surface area contributed by atoms with Crippen molar-refractivity contribution in [1.29, 1.82) is 0 Å². The molecule has 0 N–H and O–H groups in total. The van der Waals surface area contributed by atoms with Crippen LogP contribution in [0.5, 0.6) is 0 Å². The standard InChI is InChI=1S/C18H16F3N5/c19-18(20,21)15-5-3-13(4-6-15)11-25-8-9-26-16(12-25)23-24-17(26)14-2-1-7-22-10-14/h1-7,10H,8-9,11-12H2. The van der Waals surface area contributed by atoms with Gasteiger partial charge in [-0.15, -0.1) is 10.2 Å². The summed E-state index contributed by atoms with van der Waals surface area (Å²) in [6, 6.07) is 9.12. The number of hydrogen-bond donors (Lipinski definition) is 0. The summed E-state index contributed by atoms with van der Waals surface area (Å²) in [5.41, 5.74) is 1.14. The van der Waals surface area contributed by atoms with Crippen LogP contribution < -0.4 is 0 Å². The Bertz CT molecular complexity index is 887. The summed E-state index contributed by atoms with van der Waals surface area (Å²) in [4.78, 5) is 6.27. The lowest BCUT2D eigenvalue weighted by molar-refractivity contribution is -0.137. The third-order valence-electron chi connectivity index (χ3n) is 4.44. The predicted molar refractivity (Wildman–Crippen MR) is 88.8 cm³/mol. The number of alkyl halides is 3. The van der Waals surface area contributed by atoms with Gasteiger partial charge in [0.05, 0.1) is 12.1 Å². The minimum Gasteiger partial charge on any atom is -0.309 e. The van der Waals surface area contributed by atoms with Crippen LogP contribution in [0.4, 0.5) is 13.2 Å². The molecule has 5 nitrogen and oxygen atoms in total. The summed E-state index contributed by atoms with van der Waals surface area (Å²) in [7, 11) is 0. The van der Waals surface area contributed by atoms with Crippen molar-refractivity contribution in [2.24, 2.45) is 0 Å². The van der Waals surface area contributed by atoms with Gasteiger partial charge in [-0.1, -0.05) is 12.1 Å². The zero-order valence-corrected chi connectivity index (χ0v) is 13.8. The maximum absolute atomic E-state index is 12.7. The van der Waals surface area contributed by atoms with Crippen molar-refractivity contribution in [2.45, 2.75) is 25.8 Å². The maximum Gasteiger partial charge on any atom is 0.416 e. The normalized spacial score (nSPS) is 15.0. The van der Waals surface area contributed by atoms with Gasteiger partial charge in [-0.25, -0.2) is 0 Å². The van der Waals surface area contributed by atoms with E-state index in [1.807, 2.05) is 12.1 Å². The highest BCUT2D eigenvalue weighted by molar-refractivity contribution is 5.53. The van der Waals surface area contributed by atoms with Gasteiger partial charge in [0.25, 0.3) is 0 Å². The molecule has 0 amide bonds. The number of pyridine rings is 1. The molecule has 1 aliphatic rings. The van der Waals surface area contributed by atoms with E-state index in [1.54, 1.807) is 12.4 Å². The van der Waals surface area contributed by atoms with E-state index in [0.29, 0.717) is 13.1 Å². The van der Waals surface area contributed by atoms with Crippen LogP contribution in [-0.4, -0.2) is 31.2 Å². The molecule has 134 valence electrons. The Morgan fingerprint density at radius 2 is 1.81 bits per heavy atom. The molecular formula is C18H16F3N5. The molecule has 1 aromatic carbocycles. The Kier molecular flexibility index (Phi) is 4.20. The average molecular weight is 359 g/mol. The third kappa shape index (κ3) is 3.32. The fourth-order valence-electron chi connectivity index (χ4n) is 3.11. The Labute approximate surface area is 148 Å². The van der Waals surface area contributed by atoms with E-state index in [4.69, 9.17) is 0 Å². The fraction of sp³-hybridized carbons (Fsp3) is 0.278. The molecule has 0 unspecified atom stereocenters. The van der Waals surface area contributed by atoms with Crippen LogP contribution in [0.25, 0.3) is 11.4 Å². The van der Waals surface area contributed by atoms with E-state index >= 15 is 0 Å². The highest BCUT2D eigenvalue weighted by Gasteiger charge is 2.30. The second-order valence-electron chi connectivity index (χ2n) is 6.24. The second kappa shape index (κ2) is 6.53. The van der Waals surface area contributed by atoms with Gasteiger partial charge in [-0.2, -0.15) is 13.2 Å². The molecule has 0 radical (unpaired) electrons. The Morgan fingerprint density at radius 1 is 1.00 bits per heavy atom. The molecule has 8 heteroatoms. The van der Waals surface area contributed by atoms with Gasteiger partial charge in [-0.3, -0.25) is 9.88 Å². The molecule has 0 bridgehead atoms. The lowest BCUT2D eigenvalue weighted by Gasteiger charge is -2.27. The summed E-state index contributed by atoms with van der Waals surface area (Å²) in [5.74, 6) is 1.64. The second-order valence-corrected chi connectivity index (χ2v) is 6.24. The number of nitrogens with zero attached hydrogens (tertiary/aromatic N) is 5. The van der Waals surface area contributed by atoms with E-state index in [1.165, 1.54) is 12.1 Å². The van der Waals surface area contributed by atoms with Crippen LogP contribution in [-0.2, 0) is 25.8 Å². The zero-order valence-electron chi connectivity index (χ0n) is 13.8. The quantitative estimate of drug-likeness (QED) is 0.719. The fourth-order valence-corrected chi connectivity index (χ4v) is 3.11. The summed E-state index contributed by atoms with van der Waals surface area (Å²) < 4.78 is 40.0. The topological polar surface area (TPSA) is 46.8 Å². The molecule has 2 aromatic heterocycles. The molecule has 0 spiro atoms. The van der Waals surface area contributed by atoms with E-state index < -0.39 is 11.7 Å². The van der Waals surface area contributed by atoms with Crippen molar-refractivity contribution in [3.05, 3.63) is 65.7 Å². The van der Waals surface area contributed by atoms with Crippen molar-refractivity contribution in [1.82, 2.24) is 24.6 Å². The monoisotopic (exact) mass is 359 g/mol. The van der Waals surface area contributed by atoms with Crippen molar-refractivity contribution in [3.8, 4) is 11.4 Å². The predicted octanol–water partition coefficient (Wildman–Crippen LogP) is 3.37. The van der Waals surface area contributed by atoms with Crippen molar-refractivity contribution in [3.63, 3.8) is 0 Å². The van der Waals surface area contributed by atoms with E-state index in [2.05, 4.69) is 24.6 Å². The number of hydrogen-bond acceptors (Lipinski definition) is 4. The first-order chi connectivity index (χ1) is 12.5. The molecule has 26 heavy (non-hydrogen) atoms. The first-order valence-corrected chi connectivity index (χ1v) is 8.22. The summed E-state index contributed by atoms with van der Waals surface area (Å²) in [6.45, 7) is 2.69. The first-order valence-electron chi connectivity index (χ1n) is 8.22. The van der Waals surface area contributed by atoms with Crippen LogP contribution >= 0.6 is 0 Å². The number of rotatable bonds is 3. The lowest BCUT2D eigenvalue weighted by Crippen LogP contribution is -2.33. The van der Waals surface area contributed by atoms with Crippen molar-refractivity contribution >= 4 is 0 Å². The summed E-state index contributed by atoms with van der Waals surface area (Å²) >= 11 is 0. The molecule has 3 aromatic rings. The molecule has 0 saturated heterocycles. The number of aromatic nitrogens is 4. The number of benzene rings is 1. The Hall–Kier alpha value is -2.74. The van der Waals surface area contributed by atoms with E-state index in [0.717, 1.165) is 48.0 Å². The van der Waals surface area contributed by atoms with E-state index in [9.17, 15) is 13.2 Å². The van der Waals surface area contributed by atoms with Gasteiger partial charge in [0, 0.05) is 37.6 Å². The number of halogens is 3. The molecule has 0 saturated carbocycles. The van der Waals surface area contributed by atoms with Crippen molar-refractivity contribution in [2.75, 3.05) is 6.54 Å². The van der Waals surface area contributed by atoms with Crippen LogP contribution in [0, 0.1) is 0 Å². The van der Waals surface area contributed by atoms with Crippen molar-refractivity contribution < 1.29 is 13.2 Å². The van der Waals surface area contributed by atoms with Crippen LogP contribution in [0.2, 0.25) is 0 Å². The maximum atomic E-state index is 12.7. The van der Waals surface area contributed by atoms with Gasteiger partial charge in [-0.05, 0) is 29.8 Å². The Morgan fingerprint density at radius 3 is 2.50 bits per heavy atom. The molecule has 3 heterocycles. The SMILES string of the molecule is FC(F)(F)c1ccc(CN2CCn3c(nnc3-c3cccnc3)C2)cc1. The zero-order chi connectivity index (χ0) is 18.1. The van der Waals surface area contributed by atoms with Crippen LogP contribution in [0.15, 0.2) is 48.8 Å². The first kappa shape index (κ1) is 16.7. The van der Waals surface area contributed by atoms with Crippen LogP contribution in [0.1, 0.15) is 17.0 Å². The third-order valence-corrected chi connectivity index (χ3v) is 4.44. The molecule has 0 fully saturated rings. The molecule has 0 aliphatic carbocycles. The molecule has 1 aliphatic heterocycles. The summed E-state index contributed by atoms with van der Waals surface area (Å²) in [5, 5.41) is 8.54. The highest BCUT2D eigenvalue weighted by atomic mass is 19.4. The van der Waals surface area contributed by atoms with Gasteiger partial charge < -0.3 is 4.57 Å². The average Bonchev–Trinajstić information content (AvgIpc) is 3.05. The minimum atomic E-state index is -4.30. The van der Waals surface area contributed by atoms with E-state index in [-0.39, 0.29) is 0 Å². The number of fused-ring (bicyclic) bond motifs is 1. The Balaban J connectivity index is 1.47. The largest absolute Gasteiger partial charge is 0.416 e.